The zero-order chi connectivity index (χ0) is 23.9. The molecule has 3 heterocycles. The van der Waals surface area contributed by atoms with Crippen molar-refractivity contribution in [2.45, 2.75) is 53.0 Å². The highest BCUT2D eigenvalue weighted by Gasteiger charge is 2.36. The van der Waals surface area contributed by atoms with Crippen LogP contribution in [0.25, 0.3) is 11.8 Å². The zero-order valence-corrected chi connectivity index (χ0v) is 20.1. The summed E-state index contributed by atoms with van der Waals surface area (Å²) in [6.07, 6.45) is 4.98. The van der Waals surface area contributed by atoms with Gasteiger partial charge in [0.25, 0.3) is 16.8 Å². The summed E-state index contributed by atoms with van der Waals surface area (Å²) in [7, 11) is 0. The van der Waals surface area contributed by atoms with Gasteiger partial charge in [-0.2, -0.15) is 0 Å². The van der Waals surface area contributed by atoms with Gasteiger partial charge in [0.05, 0.1) is 15.5 Å². The molecule has 0 aliphatic carbocycles. The smallest absolute Gasteiger partial charge is 0.294 e. The summed E-state index contributed by atoms with van der Waals surface area (Å²) in [4.78, 5) is 40.2. The summed E-state index contributed by atoms with van der Waals surface area (Å²) >= 11 is 0.943. The van der Waals surface area contributed by atoms with E-state index in [2.05, 4.69) is 4.90 Å². The highest BCUT2D eigenvalue weighted by molar-refractivity contribution is 8.18. The van der Waals surface area contributed by atoms with Crippen molar-refractivity contribution < 1.29 is 14.5 Å². The lowest BCUT2D eigenvalue weighted by atomic mass is 10.1. The van der Waals surface area contributed by atoms with E-state index >= 15 is 0 Å². The van der Waals surface area contributed by atoms with Crippen LogP contribution in [0.15, 0.2) is 29.2 Å². The number of amides is 2. The van der Waals surface area contributed by atoms with E-state index in [4.69, 9.17) is 0 Å². The highest BCUT2D eigenvalue weighted by atomic mass is 32.2. The average Bonchev–Trinajstić information content (AvgIpc) is 3.22. The summed E-state index contributed by atoms with van der Waals surface area (Å²) in [6, 6.07) is 7.11. The van der Waals surface area contributed by atoms with E-state index in [-0.39, 0.29) is 27.8 Å². The molecular formula is C24H28N4O4S. The predicted octanol–water partition coefficient (Wildman–Crippen LogP) is 5.44. The van der Waals surface area contributed by atoms with Gasteiger partial charge in [0.15, 0.2) is 0 Å². The molecule has 0 atom stereocenters. The molecule has 0 saturated carbocycles. The van der Waals surface area contributed by atoms with Crippen molar-refractivity contribution in [1.82, 2.24) is 9.47 Å². The van der Waals surface area contributed by atoms with Gasteiger partial charge < -0.3 is 9.47 Å². The minimum Gasteiger partial charge on any atom is -0.366 e. The topological polar surface area (TPSA) is 88.7 Å². The number of thioether (sulfide) groups is 1. The third-order valence-corrected chi connectivity index (χ3v) is 7.09. The summed E-state index contributed by atoms with van der Waals surface area (Å²) in [5.74, 6) is -0.286. The van der Waals surface area contributed by atoms with Crippen LogP contribution in [0.3, 0.4) is 0 Å². The van der Waals surface area contributed by atoms with Gasteiger partial charge >= 0.3 is 0 Å². The average molecular weight is 469 g/mol. The van der Waals surface area contributed by atoms with Crippen LogP contribution >= 0.6 is 11.8 Å². The van der Waals surface area contributed by atoms with Gasteiger partial charge in [0.1, 0.15) is 5.69 Å². The summed E-state index contributed by atoms with van der Waals surface area (Å²) in [5, 5.41) is 11.6. The van der Waals surface area contributed by atoms with Gasteiger partial charge in [-0.05, 0) is 88.6 Å². The van der Waals surface area contributed by atoms with Crippen LogP contribution in [-0.2, 0) is 4.79 Å². The number of anilines is 1. The minimum atomic E-state index is -0.315. The fourth-order valence-electron chi connectivity index (χ4n) is 4.60. The molecule has 9 heteroatoms. The monoisotopic (exact) mass is 468 g/mol. The van der Waals surface area contributed by atoms with Gasteiger partial charge in [-0.15, -0.1) is 0 Å². The number of nitrogens with zero attached hydrogens (tertiary/aromatic N) is 4. The van der Waals surface area contributed by atoms with E-state index in [0.717, 1.165) is 61.1 Å². The quantitative estimate of drug-likeness (QED) is 0.330. The van der Waals surface area contributed by atoms with E-state index in [1.807, 2.05) is 50.5 Å². The van der Waals surface area contributed by atoms with Crippen molar-refractivity contribution in [1.29, 1.82) is 0 Å². The van der Waals surface area contributed by atoms with Crippen LogP contribution in [0, 0.1) is 24.0 Å². The number of aromatic nitrogens is 1. The van der Waals surface area contributed by atoms with E-state index < -0.39 is 0 Å². The molecule has 2 fully saturated rings. The number of nitro benzene ring substituents is 1. The molecule has 1 aromatic carbocycles. The molecule has 33 heavy (non-hydrogen) atoms. The molecule has 2 amide bonds. The van der Waals surface area contributed by atoms with E-state index in [9.17, 15) is 19.7 Å². The number of hydrogen-bond acceptors (Lipinski definition) is 6. The van der Waals surface area contributed by atoms with Crippen molar-refractivity contribution in [3.63, 3.8) is 0 Å². The fourth-order valence-corrected chi connectivity index (χ4v) is 5.55. The SMILES string of the molecule is Cc1cc(/C=C2\SC(=O)N(C(C)C)C2=O)c(C)n1-c1ccc(N2CCCCC2)c([N+](=O)[O-])c1. The second kappa shape index (κ2) is 9.05. The van der Waals surface area contributed by atoms with Gasteiger partial charge in [-0.25, -0.2) is 0 Å². The number of piperidine rings is 1. The van der Waals surface area contributed by atoms with Crippen molar-refractivity contribution >= 4 is 40.4 Å². The summed E-state index contributed by atoms with van der Waals surface area (Å²) < 4.78 is 1.95. The minimum absolute atomic E-state index is 0.0986. The summed E-state index contributed by atoms with van der Waals surface area (Å²) in [6.45, 7) is 9.12. The molecule has 1 aromatic heterocycles. The lowest BCUT2D eigenvalue weighted by Gasteiger charge is -2.28. The molecule has 2 aromatic rings. The first-order chi connectivity index (χ1) is 15.7. The number of carbonyl (C=O) groups excluding carboxylic acids is 2. The van der Waals surface area contributed by atoms with Crippen molar-refractivity contribution in [2.75, 3.05) is 18.0 Å². The molecule has 0 unspecified atom stereocenters. The maximum absolute atomic E-state index is 12.7. The standard InChI is InChI=1S/C24H28N4O4S/c1-15(2)26-23(29)22(33-24(26)30)13-18-12-16(3)27(17(18)4)19-8-9-20(21(14-19)28(31)32)25-10-6-5-7-11-25/h8-9,12-15H,5-7,10-11H2,1-4H3/b22-13-. The number of rotatable bonds is 5. The second-order valence-corrected chi connectivity index (χ2v) is 9.78. The van der Waals surface area contributed by atoms with Crippen LogP contribution in [0.5, 0.6) is 0 Å². The lowest BCUT2D eigenvalue weighted by molar-refractivity contribution is -0.384. The third-order valence-electron chi connectivity index (χ3n) is 6.21. The first-order valence-corrected chi connectivity index (χ1v) is 12.0. The summed E-state index contributed by atoms with van der Waals surface area (Å²) in [5.41, 5.74) is 4.01. The van der Waals surface area contributed by atoms with Crippen LogP contribution in [0.4, 0.5) is 16.2 Å². The Labute approximate surface area is 197 Å². The Morgan fingerprint density at radius 3 is 2.39 bits per heavy atom. The van der Waals surface area contributed by atoms with Crippen LogP contribution in [0.2, 0.25) is 0 Å². The Morgan fingerprint density at radius 1 is 1.09 bits per heavy atom. The van der Waals surface area contributed by atoms with Crippen molar-refractivity contribution in [3.8, 4) is 5.69 Å². The number of imide groups is 1. The van der Waals surface area contributed by atoms with E-state index in [0.29, 0.717) is 16.3 Å². The molecular weight excluding hydrogens is 440 g/mol. The van der Waals surface area contributed by atoms with Crippen molar-refractivity contribution in [2.24, 2.45) is 0 Å². The molecule has 2 saturated heterocycles. The highest BCUT2D eigenvalue weighted by Crippen LogP contribution is 2.36. The fraction of sp³-hybridized carbons (Fsp3) is 0.417. The normalized spacial score (nSPS) is 18.2. The molecule has 0 radical (unpaired) electrons. The zero-order valence-electron chi connectivity index (χ0n) is 19.3. The van der Waals surface area contributed by atoms with Gasteiger partial charge in [-0.3, -0.25) is 24.6 Å². The first kappa shape index (κ1) is 23.1. The van der Waals surface area contributed by atoms with Gasteiger partial charge in [0.2, 0.25) is 0 Å². The Bertz CT molecular complexity index is 1160. The predicted molar refractivity (Wildman–Crippen MR) is 131 cm³/mol. The maximum atomic E-state index is 12.7. The van der Waals surface area contributed by atoms with Crippen LogP contribution < -0.4 is 4.90 Å². The number of benzene rings is 1. The Balaban J connectivity index is 1.71. The van der Waals surface area contributed by atoms with Gasteiger partial charge in [0, 0.05) is 36.6 Å². The molecule has 0 bridgehead atoms. The Morgan fingerprint density at radius 2 is 1.79 bits per heavy atom. The first-order valence-electron chi connectivity index (χ1n) is 11.2. The molecule has 2 aliphatic heterocycles. The number of hydrogen-bond donors (Lipinski definition) is 0. The Kier molecular flexibility index (Phi) is 6.34. The molecule has 0 spiro atoms. The number of carbonyl (C=O) groups is 2. The Hall–Kier alpha value is -3.07. The van der Waals surface area contributed by atoms with Crippen LogP contribution in [-0.4, -0.2) is 44.7 Å². The maximum Gasteiger partial charge on any atom is 0.294 e. The van der Waals surface area contributed by atoms with E-state index in [1.165, 1.54) is 4.90 Å². The van der Waals surface area contributed by atoms with E-state index in [1.54, 1.807) is 12.1 Å². The molecule has 2 aliphatic rings. The van der Waals surface area contributed by atoms with Crippen LogP contribution in [0.1, 0.15) is 50.1 Å². The lowest BCUT2D eigenvalue weighted by Crippen LogP contribution is -2.34. The molecule has 174 valence electrons. The second-order valence-electron chi connectivity index (χ2n) is 8.79. The van der Waals surface area contributed by atoms with Gasteiger partial charge in [-0.1, -0.05) is 0 Å². The molecule has 0 N–H and O–H groups in total. The number of aryl methyl sites for hydroxylation is 1. The third kappa shape index (κ3) is 4.29. The van der Waals surface area contributed by atoms with Crippen molar-refractivity contribution in [3.05, 3.63) is 56.2 Å². The molecule has 8 nitrogen and oxygen atoms in total. The largest absolute Gasteiger partial charge is 0.366 e. The number of nitro groups is 1. The molecule has 4 rings (SSSR count).